The Kier molecular flexibility index (Phi) is 4.23. The summed E-state index contributed by atoms with van der Waals surface area (Å²) in [6, 6.07) is 1.18. The zero-order valence-electron chi connectivity index (χ0n) is 12.4. The van der Waals surface area contributed by atoms with Crippen LogP contribution in [0.4, 0.5) is 0 Å². The summed E-state index contributed by atoms with van der Waals surface area (Å²) in [7, 11) is 0. The first kappa shape index (κ1) is 14.5. The molecule has 1 heterocycles. The summed E-state index contributed by atoms with van der Waals surface area (Å²) >= 11 is 0. The standard InChI is InChI=1S/C14H28N2O/c1-10(2)15-9-13(17)16(11(3)4)8-12(15)14(5,6)7/h10-12H,8-9H2,1-7H3/t12-/m1/s1. The molecule has 1 fully saturated rings. The van der Waals surface area contributed by atoms with Crippen molar-refractivity contribution in [3.63, 3.8) is 0 Å². The Labute approximate surface area is 106 Å². The van der Waals surface area contributed by atoms with Crippen molar-refractivity contribution in [3.8, 4) is 0 Å². The zero-order chi connectivity index (χ0) is 13.4. The average molecular weight is 240 g/mol. The quantitative estimate of drug-likeness (QED) is 0.740. The molecule has 17 heavy (non-hydrogen) atoms. The maximum Gasteiger partial charge on any atom is 0.237 e. The van der Waals surface area contributed by atoms with Crippen molar-refractivity contribution < 1.29 is 4.79 Å². The lowest BCUT2D eigenvalue weighted by atomic mass is 9.83. The Bertz CT molecular complexity index is 278. The smallest absolute Gasteiger partial charge is 0.237 e. The van der Waals surface area contributed by atoms with Crippen LogP contribution in [0, 0.1) is 5.41 Å². The summed E-state index contributed by atoms with van der Waals surface area (Å²) in [6.07, 6.45) is 0. The summed E-state index contributed by atoms with van der Waals surface area (Å²) in [6.45, 7) is 16.8. The van der Waals surface area contributed by atoms with E-state index in [0.717, 1.165) is 6.54 Å². The summed E-state index contributed by atoms with van der Waals surface area (Å²) in [5, 5.41) is 0. The van der Waals surface area contributed by atoms with E-state index >= 15 is 0 Å². The predicted octanol–water partition coefficient (Wildman–Crippen LogP) is 2.36. The molecule has 1 atom stereocenters. The maximum atomic E-state index is 12.1. The molecule has 0 unspecified atom stereocenters. The topological polar surface area (TPSA) is 23.6 Å². The first-order valence-corrected chi connectivity index (χ1v) is 6.69. The number of rotatable bonds is 2. The first-order chi connectivity index (χ1) is 7.64. The molecule has 3 heteroatoms. The van der Waals surface area contributed by atoms with Crippen LogP contribution in [0.2, 0.25) is 0 Å². The number of nitrogens with zero attached hydrogens (tertiary/aromatic N) is 2. The lowest BCUT2D eigenvalue weighted by Gasteiger charge is -2.49. The summed E-state index contributed by atoms with van der Waals surface area (Å²) < 4.78 is 0. The van der Waals surface area contributed by atoms with E-state index in [1.54, 1.807) is 0 Å². The molecule has 0 radical (unpaired) electrons. The second-order valence-corrected chi connectivity index (χ2v) is 6.79. The molecule has 0 aromatic rings. The molecule has 1 rings (SSSR count). The number of carbonyl (C=O) groups is 1. The van der Waals surface area contributed by atoms with E-state index in [-0.39, 0.29) is 11.3 Å². The Balaban J connectivity index is 2.93. The van der Waals surface area contributed by atoms with Crippen molar-refractivity contribution in [2.24, 2.45) is 5.41 Å². The maximum absolute atomic E-state index is 12.1. The third-order valence-corrected chi connectivity index (χ3v) is 3.69. The van der Waals surface area contributed by atoms with Gasteiger partial charge in [-0.05, 0) is 33.1 Å². The van der Waals surface area contributed by atoms with Crippen LogP contribution < -0.4 is 0 Å². The van der Waals surface area contributed by atoms with Gasteiger partial charge >= 0.3 is 0 Å². The van der Waals surface area contributed by atoms with Gasteiger partial charge in [0, 0.05) is 24.7 Å². The monoisotopic (exact) mass is 240 g/mol. The van der Waals surface area contributed by atoms with Crippen LogP contribution in [0.1, 0.15) is 48.5 Å². The minimum absolute atomic E-state index is 0.206. The van der Waals surface area contributed by atoms with Crippen molar-refractivity contribution >= 4 is 5.91 Å². The van der Waals surface area contributed by atoms with Crippen LogP contribution in [0.5, 0.6) is 0 Å². The molecule has 1 saturated heterocycles. The number of hydrogen-bond donors (Lipinski definition) is 0. The molecule has 0 bridgehead atoms. The van der Waals surface area contributed by atoms with Crippen LogP contribution >= 0.6 is 0 Å². The molecular weight excluding hydrogens is 212 g/mol. The largest absolute Gasteiger partial charge is 0.338 e. The van der Waals surface area contributed by atoms with Crippen LogP contribution in [0.15, 0.2) is 0 Å². The van der Waals surface area contributed by atoms with E-state index in [2.05, 4.69) is 53.4 Å². The van der Waals surface area contributed by atoms with Gasteiger partial charge in [-0.15, -0.1) is 0 Å². The van der Waals surface area contributed by atoms with Gasteiger partial charge in [-0.3, -0.25) is 9.69 Å². The lowest BCUT2D eigenvalue weighted by molar-refractivity contribution is -0.144. The molecule has 0 N–H and O–H groups in total. The van der Waals surface area contributed by atoms with E-state index in [1.807, 2.05) is 4.90 Å². The Morgan fingerprint density at radius 2 is 1.65 bits per heavy atom. The molecule has 1 aliphatic heterocycles. The van der Waals surface area contributed by atoms with Gasteiger partial charge in [0.05, 0.1) is 6.54 Å². The first-order valence-electron chi connectivity index (χ1n) is 6.69. The molecule has 0 aliphatic carbocycles. The molecule has 1 amide bonds. The summed E-state index contributed by atoms with van der Waals surface area (Å²) in [4.78, 5) is 16.5. The van der Waals surface area contributed by atoms with Crippen molar-refractivity contribution in [2.75, 3.05) is 13.1 Å². The molecule has 0 spiro atoms. The molecular formula is C14H28N2O. The number of amides is 1. The molecule has 1 aliphatic rings. The number of carbonyl (C=O) groups excluding carboxylic acids is 1. The van der Waals surface area contributed by atoms with Gasteiger partial charge in [0.15, 0.2) is 0 Å². The third-order valence-electron chi connectivity index (χ3n) is 3.69. The number of hydrogen-bond acceptors (Lipinski definition) is 2. The van der Waals surface area contributed by atoms with Gasteiger partial charge < -0.3 is 4.90 Å². The van der Waals surface area contributed by atoms with Crippen LogP contribution in [0.25, 0.3) is 0 Å². The third kappa shape index (κ3) is 3.21. The van der Waals surface area contributed by atoms with Crippen LogP contribution in [-0.4, -0.2) is 46.9 Å². The van der Waals surface area contributed by atoms with Gasteiger partial charge in [-0.2, -0.15) is 0 Å². The highest BCUT2D eigenvalue weighted by atomic mass is 16.2. The number of piperazine rings is 1. The average Bonchev–Trinajstić information content (AvgIpc) is 2.14. The molecule has 0 saturated carbocycles. The van der Waals surface area contributed by atoms with Crippen molar-refractivity contribution in [2.45, 2.75) is 66.6 Å². The highest BCUT2D eigenvalue weighted by Gasteiger charge is 2.40. The fourth-order valence-corrected chi connectivity index (χ4v) is 2.56. The van der Waals surface area contributed by atoms with Crippen LogP contribution in [0.3, 0.4) is 0 Å². The van der Waals surface area contributed by atoms with Crippen molar-refractivity contribution in [1.29, 1.82) is 0 Å². The van der Waals surface area contributed by atoms with Crippen molar-refractivity contribution in [1.82, 2.24) is 9.80 Å². The fraction of sp³-hybridized carbons (Fsp3) is 0.929. The highest BCUT2D eigenvalue weighted by molar-refractivity contribution is 5.79. The van der Waals surface area contributed by atoms with Gasteiger partial charge in [-0.1, -0.05) is 20.8 Å². The Morgan fingerprint density at radius 1 is 1.12 bits per heavy atom. The molecule has 0 aromatic heterocycles. The highest BCUT2D eigenvalue weighted by Crippen LogP contribution is 2.30. The van der Waals surface area contributed by atoms with E-state index < -0.39 is 0 Å². The van der Waals surface area contributed by atoms with E-state index in [1.165, 1.54) is 0 Å². The molecule has 100 valence electrons. The lowest BCUT2D eigenvalue weighted by Crippen LogP contribution is -2.63. The van der Waals surface area contributed by atoms with E-state index in [0.29, 0.717) is 24.7 Å². The zero-order valence-corrected chi connectivity index (χ0v) is 12.4. The van der Waals surface area contributed by atoms with E-state index in [4.69, 9.17) is 0 Å². The fourth-order valence-electron chi connectivity index (χ4n) is 2.56. The van der Waals surface area contributed by atoms with Gasteiger partial charge in [-0.25, -0.2) is 0 Å². The van der Waals surface area contributed by atoms with Crippen molar-refractivity contribution in [3.05, 3.63) is 0 Å². The SMILES string of the molecule is CC(C)N1C[C@H](C(C)(C)C)N(C(C)C)CC1=O. The summed E-state index contributed by atoms with van der Waals surface area (Å²) in [5.41, 5.74) is 0.206. The Morgan fingerprint density at radius 3 is 2.00 bits per heavy atom. The minimum Gasteiger partial charge on any atom is -0.338 e. The van der Waals surface area contributed by atoms with Crippen LogP contribution in [-0.2, 0) is 4.79 Å². The van der Waals surface area contributed by atoms with E-state index in [9.17, 15) is 4.79 Å². The van der Waals surface area contributed by atoms with Gasteiger partial charge in [0.1, 0.15) is 0 Å². The second-order valence-electron chi connectivity index (χ2n) is 6.79. The minimum atomic E-state index is 0.206. The predicted molar refractivity (Wildman–Crippen MR) is 71.9 cm³/mol. The Hall–Kier alpha value is -0.570. The normalized spacial score (nSPS) is 23.9. The summed E-state index contributed by atoms with van der Waals surface area (Å²) in [5.74, 6) is 0.272. The molecule has 3 nitrogen and oxygen atoms in total. The second kappa shape index (κ2) is 4.97. The van der Waals surface area contributed by atoms with Gasteiger partial charge in [0.2, 0.25) is 5.91 Å². The van der Waals surface area contributed by atoms with Gasteiger partial charge in [0.25, 0.3) is 0 Å². The molecule has 0 aromatic carbocycles.